The van der Waals surface area contributed by atoms with E-state index in [9.17, 15) is 14.9 Å². The number of nitrogens with zero attached hydrogens (tertiary/aromatic N) is 3. The first-order chi connectivity index (χ1) is 13.5. The fourth-order valence-electron chi connectivity index (χ4n) is 3.23. The van der Waals surface area contributed by atoms with E-state index in [1.807, 2.05) is 31.2 Å². The summed E-state index contributed by atoms with van der Waals surface area (Å²) in [5, 5.41) is 11.5. The van der Waals surface area contributed by atoms with Gasteiger partial charge in [-0.15, -0.1) is 0 Å². The fraction of sp³-hybridized carbons (Fsp3) is 0.350. The van der Waals surface area contributed by atoms with E-state index < -0.39 is 4.92 Å². The van der Waals surface area contributed by atoms with Crippen molar-refractivity contribution in [2.75, 3.05) is 32.8 Å². The molecule has 1 amide bonds. The van der Waals surface area contributed by atoms with Crippen molar-refractivity contribution < 1.29 is 14.5 Å². The molecule has 1 aliphatic heterocycles. The molecule has 2 aromatic carbocycles. The lowest BCUT2D eigenvalue weighted by atomic mass is 10.1. The highest BCUT2D eigenvalue weighted by Gasteiger charge is 2.27. The number of ether oxygens (including phenoxy) is 1. The monoisotopic (exact) mass is 403 g/mol. The Morgan fingerprint density at radius 3 is 2.43 bits per heavy atom. The first-order valence-corrected chi connectivity index (χ1v) is 9.53. The normalized spacial score (nSPS) is 14.7. The number of piperazine rings is 1. The van der Waals surface area contributed by atoms with Crippen molar-refractivity contribution >= 4 is 23.2 Å². The summed E-state index contributed by atoms with van der Waals surface area (Å²) in [6.07, 6.45) is 0. The molecule has 28 heavy (non-hydrogen) atoms. The molecule has 1 heterocycles. The Labute approximate surface area is 168 Å². The number of halogens is 1. The second kappa shape index (κ2) is 9.03. The lowest BCUT2D eigenvalue weighted by Gasteiger charge is -2.34. The Morgan fingerprint density at radius 2 is 1.82 bits per heavy atom. The third kappa shape index (κ3) is 4.79. The number of benzene rings is 2. The van der Waals surface area contributed by atoms with E-state index in [1.165, 1.54) is 23.8 Å². The van der Waals surface area contributed by atoms with Gasteiger partial charge in [0.15, 0.2) is 0 Å². The number of nitro groups is 1. The summed E-state index contributed by atoms with van der Waals surface area (Å²) < 4.78 is 5.45. The number of hydrogen-bond acceptors (Lipinski definition) is 5. The van der Waals surface area contributed by atoms with Crippen LogP contribution in [0.5, 0.6) is 5.75 Å². The predicted molar refractivity (Wildman–Crippen MR) is 107 cm³/mol. The Kier molecular flexibility index (Phi) is 6.49. The lowest BCUT2D eigenvalue weighted by Crippen LogP contribution is -2.48. The van der Waals surface area contributed by atoms with Crippen molar-refractivity contribution in [3.8, 4) is 5.75 Å². The van der Waals surface area contributed by atoms with Gasteiger partial charge in [-0.2, -0.15) is 0 Å². The third-order valence-corrected chi connectivity index (χ3v) is 4.92. The zero-order valence-corrected chi connectivity index (χ0v) is 16.4. The topological polar surface area (TPSA) is 75.9 Å². The van der Waals surface area contributed by atoms with Gasteiger partial charge >= 0.3 is 0 Å². The molecule has 0 bridgehead atoms. The minimum absolute atomic E-state index is 0.0781. The molecule has 3 rings (SSSR count). The summed E-state index contributed by atoms with van der Waals surface area (Å²) >= 11 is 5.83. The minimum atomic E-state index is -0.568. The Hall–Kier alpha value is -2.64. The molecular weight excluding hydrogens is 382 g/mol. The summed E-state index contributed by atoms with van der Waals surface area (Å²) in [4.78, 5) is 27.3. The molecule has 0 atom stereocenters. The molecule has 0 spiro atoms. The number of carbonyl (C=O) groups is 1. The molecule has 148 valence electrons. The first kappa shape index (κ1) is 20.1. The van der Waals surface area contributed by atoms with Gasteiger partial charge in [0, 0.05) is 43.8 Å². The van der Waals surface area contributed by atoms with Crippen LogP contribution in [0.2, 0.25) is 5.02 Å². The Balaban J connectivity index is 1.59. The van der Waals surface area contributed by atoms with E-state index in [4.69, 9.17) is 16.3 Å². The van der Waals surface area contributed by atoms with Crippen LogP contribution in [-0.2, 0) is 6.54 Å². The molecule has 0 aromatic heterocycles. The largest absolute Gasteiger partial charge is 0.494 e. The standard InChI is InChI=1S/C20H22ClN3O4/c1-2-28-17-6-3-15(4-7-17)14-22-9-11-23(12-10-22)20(25)18-8-5-16(21)13-19(18)24(26)27/h3-8,13H,2,9-12,14H2,1H3. The van der Waals surface area contributed by atoms with Gasteiger partial charge in [-0.05, 0) is 36.8 Å². The zero-order valence-electron chi connectivity index (χ0n) is 15.6. The van der Waals surface area contributed by atoms with Crippen molar-refractivity contribution in [1.82, 2.24) is 9.80 Å². The summed E-state index contributed by atoms with van der Waals surface area (Å²) in [5.74, 6) is 0.523. The maximum Gasteiger partial charge on any atom is 0.283 e. The average Bonchev–Trinajstić information content (AvgIpc) is 2.69. The van der Waals surface area contributed by atoms with Crippen molar-refractivity contribution in [3.63, 3.8) is 0 Å². The van der Waals surface area contributed by atoms with E-state index >= 15 is 0 Å². The van der Waals surface area contributed by atoms with Gasteiger partial charge in [-0.1, -0.05) is 23.7 Å². The second-order valence-corrected chi connectivity index (χ2v) is 7.00. The van der Waals surface area contributed by atoms with E-state index in [0.29, 0.717) is 32.8 Å². The van der Waals surface area contributed by atoms with Crippen LogP contribution in [0.4, 0.5) is 5.69 Å². The van der Waals surface area contributed by atoms with Crippen molar-refractivity contribution in [1.29, 1.82) is 0 Å². The highest BCUT2D eigenvalue weighted by atomic mass is 35.5. The van der Waals surface area contributed by atoms with E-state index in [2.05, 4.69) is 4.90 Å². The summed E-state index contributed by atoms with van der Waals surface area (Å²) in [6.45, 7) is 5.84. The summed E-state index contributed by atoms with van der Waals surface area (Å²) in [5.41, 5.74) is 1.00. The van der Waals surface area contributed by atoms with Gasteiger partial charge in [-0.25, -0.2) is 0 Å². The Morgan fingerprint density at radius 1 is 1.14 bits per heavy atom. The van der Waals surface area contributed by atoms with Gasteiger partial charge in [0.25, 0.3) is 11.6 Å². The summed E-state index contributed by atoms with van der Waals surface area (Å²) in [7, 11) is 0. The quantitative estimate of drug-likeness (QED) is 0.544. The van der Waals surface area contributed by atoms with Gasteiger partial charge in [0.05, 0.1) is 11.5 Å². The molecule has 0 unspecified atom stereocenters. The molecule has 0 saturated carbocycles. The molecule has 0 radical (unpaired) electrons. The number of carbonyl (C=O) groups excluding carboxylic acids is 1. The van der Waals surface area contributed by atoms with Crippen molar-refractivity contribution in [2.24, 2.45) is 0 Å². The van der Waals surface area contributed by atoms with Crippen molar-refractivity contribution in [3.05, 3.63) is 68.7 Å². The molecule has 0 N–H and O–H groups in total. The van der Waals surface area contributed by atoms with Crippen LogP contribution in [0.15, 0.2) is 42.5 Å². The second-order valence-electron chi connectivity index (χ2n) is 6.56. The SMILES string of the molecule is CCOc1ccc(CN2CCN(C(=O)c3ccc(Cl)cc3[N+](=O)[O-])CC2)cc1. The average molecular weight is 404 g/mol. The minimum Gasteiger partial charge on any atom is -0.494 e. The highest BCUT2D eigenvalue weighted by molar-refractivity contribution is 6.31. The lowest BCUT2D eigenvalue weighted by molar-refractivity contribution is -0.385. The van der Waals surface area contributed by atoms with Gasteiger partial charge < -0.3 is 9.64 Å². The number of rotatable bonds is 6. The van der Waals surface area contributed by atoms with Crippen LogP contribution in [0, 0.1) is 10.1 Å². The number of nitro benzene ring substituents is 1. The maximum atomic E-state index is 12.7. The highest BCUT2D eigenvalue weighted by Crippen LogP contribution is 2.25. The maximum absolute atomic E-state index is 12.7. The van der Waals surface area contributed by atoms with Gasteiger partial charge in [0.1, 0.15) is 11.3 Å². The molecule has 1 saturated heterocycles. The smallest absolute Gasteiger partial charge is 0.283 e. The molecule has 7 nitrogen and oxygen atoms in total. The molecule has 1 aliphatic rings. The first-order valence-electron chi connectivity index (χ1n) is 9.15. The van der Waals surface area contributed by atoms with Gasteiger partial charge in [0.2, 0.25) is 0 Å². The van der Waals surface area contributed by atoms with Crippen LogP contribution >= 0.6 is 11.6 Å². The molecule has 1 fully saturated rings. The van der Waals surface area contributed by atoms with Gasteiger partial charge in [-0.3, -0.25) is 19.8 Å². The van der Waals surface area contributed by atoms with E-state index in [-0.39, 0.29) is 22.2 Å². The molecular formula is C20H22ClN3O4. The number of hydrogen-bond donors (Lipinski definition) is 0. The molecule has 0 aliphatic carbocycles. The molecule has 2 aromatic rings. The third-order valence-electron chi connectivity index (χ3n) is 4.69. The van der Waals surface area contributed by atoms with Crippen LogP contribution in [0.1, 0.15) is 22.8 Å². The van der Waals surface area contributed by atoms with Crippen LogP contribution in [0.25, 0.3) is 0 Å². The predicted octanol–water partition coefficient (Wildman–Crippen LogP) is 3.60. The Bertz CT molecular complexity index is 849. The van der Waals surface area contributed by atoms with Crippen LogP contribution in [-0.4, -0.2) is 53.4 Å². The number of amides is 1. The van der Waals surface area contributed by atoms with Crippen LogP contribution < -0.4 is 4.74 Å². The van der Waals surface area contributed by atoms with E-state index in [1.54, 1.807) is 4.90 Å². The summed E-state index contributed by atoms with van der Waals surface area (Å²) in [6, 6.07) is 12.1. The van der Waals surface area contributed by atoms with Crippen LogP contribution in [0.3, 0.4) is 0 Å². The van der Waals surface area contributed by atoms with E-state index in [0.717, 1.165) is 12.3 Å². The zero-order chi connectivity index (χ0) is 20.1. The fourth-order valence-corrected chi connectivity index (χ4v) is 3.40. The van der Waals surface area contributed by atoms with Crippen molar-refractivity contribution in [2.45, 2.75) is 13.5 Å². The molecule has 8 heteroatoms.